The van der Waals surface area contributed by atoms with E-state index in [-0.39, 0.29) is 18.4 Å². The highest BCUT2D eigenvalue weighted by atomic mass is 32.2. The third-order valence-electron chi connectivity index (χ3n) is 4.49. The molecule has 1 aromatic heterocycles. The van der Waals surface area contributed by atoms with E-state index in [0.29, 0.717) is 16.4 Å². The summed E-state index contributed by atoms with van der Waals surface area (Å²) >= 11 is 1.47. The van der Waals surface area contributed by atoms with Gasteiger partial charge in [0.25, 0.3) is 5.91 Å². The molecule has 0 saturated carbocycles. The van der Waals surface area contributed by atoms with Gasteiger partial charge in [0.05, 0.1) is 6.54 Å². The molecule has 1 heterocycles. The van der Waals surface area contributed by atoms with Gasteiger partial charge in [-0.15, -0.1) is 0 Å². The van der Waals surface area contributed by atoms with Crippen molar-refractivity contribution in [3.8, 4) is 0 Å². The van der Waals surface area contributed by atoms with E-state index in [4.69, 9.17) is 0 Å². The van der Waals surface area contributed by atoms with E-state index in [9.17, 15) is 9.59 Å². The van der Waals surface area contributed by atoms with Crippen LogP contribution in [0.4, 0.5) is 5.69 Å². The highest BCUT2D eigenvalue weighted by Gasteiger charge is 2.10. The fraction of sp³-hybridized carbons (Fsp3) is 0.217. The van der Waals surface area contributed by atoms with Crippen LogP contribution in [0.2, 0.25) is 0 Å². The lowest BCUT2D eigenvalue weighted by Gasteiger charge is -2.09. The summed E-state index contributed by atoms with van der Waals surface area (Å²) in [6, 6.07) is 14.8. The van der Waals surface area contributed by atoms with Gasteiger partial charge in [-0.05, 0) is 93.0 Å². The van der Waals surface area contributed by atoms with Crippen molar-refractivity contribution < 1.29 is 9.59 Å². The maximum Gasteiger partial charge on any atom is 0.251 e. The minimum atomic E-state index is -0.287. The highest BCUT2D eigenvalue weighted by Crippen LogP contribution is 2.26. The second-order valence-electron chi connectivity index (χ2n) is 7.09. The van der Waals surface area contributed by atoms with E-state index >= 15 is 0 Å². The van der Waals surface area contributed by atoms with Gasteiger partial charge in [-0.1, -0.05) is 6.07 Å². The molecule has 0 aliphatic rings. The van der Waals surface area contributed by atoms with E-state index in [1.807, 2.05) is 70.2 Å². The minimum absolute atomic E-state index is 0.0985. The Morgan fingerprint density at radius 2 is 1.53 bits per heavy atom. The van der Waals surface area contributed by atoms with Gasteiger partial charge in [0.15, 0.2) is 5.16 Å². The summed E-state index contributed by atoms with van der Waals surface area (Å²) in [7, 11) is 0. The van der Waals surface area contributed by atoms with Crippen molar-refractivity contribution in [3.05, 3.63) is 76.6 Å². The van der Waals surface area contributed by atoms with Crippen molar-refractivity contribution in [1.29, 1.82) is 0 Å². The zero-order valence-corrected chi connectivity index (χ0v) is 18.3. The standard InChI is InChI=1S/C23H24N4O2S/c1-14-5-6-18(11-15(14)2)22(29)24-13-21(28)27-19-7-9-20(10-8-19)30-23-25-16(3)12-17(4)26-23/h5-12H,13H2,1-4H3,(H,24,29)(H,27,28). The van der Waals surface area contributed by atoms with Crippen LogP contribution in [0.25, 0.3) is 0 Å². The number of anilines is 1. The monoisotopic (exact) mass is 420 g/mol. The molecule has 2 N–H and O–H groups in total. The summed E-state index contributed by atoms with van der Waals surface area (Å²) < 4.78 is 0. The molecule has 7 heteroatoms. The van der Waals surface area contributed by atoms with Crippen LogP contribution in [0.1, 0.15) is 32.9 Å². The molecule has 0 fully saturated rings. The zero-order chi connectivity index (χ0) is 21.7. The number of nitrogens with one attached hydrogen (secondary N) is 2. The number of hydrogen-bond donors (Lipinski definition) is 2. The third kappa shape index (κ3) is 5.90. The average molecular weight is 421 g/mol. The third-order valence-corrected chi connectivity index (χ3v) is 5.36. The molecule has 2 aromatic carbocycles. The molecule has 0 bridgehead atoms. The topological polar surface area (TPSA) is 84.0 Å². The van der Waals surface area contributed by atoms with Crippen molar-refractivity contribution in [2.24, 2.45) is 0 Å². The van der Waals surface area contributed by atoms with Gasteiger partial charge in [0, 0.05) is 27.5 Å². The molecule has 0 radical (unpaired) electrons. The largest absolute Gasteiger partial charge is 0.343 e. The fourth-order valence-corrected chi connectivity index (χ4v) is 3.66. The second kappa shape index (κ2) is 9.54. The first kappa shape index (κ1) is 21.5. The van der Waals surface area contributed by atoms with Gasteiger partial charge in [0.1, 0.15) is 0 Å². The summed E-state index contributed by atoms with van der Waals surface area (Å²) in [5.41, 5.74) is 5.21. The molecular weight excluding hydrogens is 396 g/mol. The van der Waals surface area contributed by atoms with Gasteiger partial charge in [-0.3, -0.25) is 9.59 Å². The van der Waals surface area contributed by atoms with Crippen molar-refractivity contribution in [3.63, 3.8) is 0 Å². The molecule has 2 amide bonds. The first-order chi connectivity index (χ1) is 14.3. The Balaban J connectivity index is 1.52. The van der Waals surface area contributed by atoms with Gasteiger partial charge < -0.3 is 10.6 Å². The van der Waals surface area contributed by atoms with E-state index in [1.165, 1.54) is 11.8 Å². The quantitative estimate of drug-likeness (QED) is 0.583. The molecular formula is C23H24N4O2S. The number of hydrogen-bond acceptors (Lipinski definition) is 5. The summed E-state index contributed by atoms with van der Waals surface area (Å²) in [5, 5.41) is 6.13. The van der Waals surface area contributed by atoms with Crippen molar-refractivity contribution in [2.75, 3.05) is 11.9 Å². The van der Waals surface area contributed by atoms with Gasteiger partial charge in [-0.2, -0.15) is 0 Å². The lowest BCUT2D eigenvalue weighted by Crippen LogP contribution is -2.32. The smallest absolute Gasteiger partial charge is 0.251 e. The summed E-state index contributed by atoms with van der Waals surface area (Å²) in [6.45, 7) is 7.72. The number of benzene rings is 2. The van der Waals surface area contributed by atoms with E-state index in [0.717, 1.165) is 27.4 Å². The zero-order valence-electron chi connectivity index (χ0n) is 17.4. The predicted molar refractivity (Wildman–Crippen MR) is 119 cm³/mol. The number of rotatable bonds is 6. The fourth-order valence-electron chi connectivity index (χ4n) is 2.80. The van der Waals surface area contributed by atoms with Crippen LogP contribution in [-0.4, -0.2) is 28.3 Å². The summed E-state index contributed by atoms with van der Waals surface area (Å²) in [6.07, 6.45) is 0. The highest BCUT2D eigenvalue weighted by molar-refractivity contribution is 7.99. The van der Waals surface area contributed by atoms with Crippen molar-refractivity contribution in [2.45, 2.75) is 37.7 Å². The number of carbonyl (C=O) groups excluding carboxylic acids is 2. The predicted octanol–water partition coefficient (Wildman–Crippen LogP) is 4.23. The minimum Gasteiger partial charge on any atom is -0.343 e. The number of aryl methyl sites for hydroxylation is 4. The number of carbonyl (C=O) groups is 2. The second-order valence-corrected chi connectivity index (χ2v) is 8.13. The Hall–Kier alpha value is -3.19. The van der Waals surface area contributed by atoms with Crippen LogP contribution in [-0.2, 0) is 4.79 Å². The summed E-state index contributed by atoms with van der Waals surface area (Å²) in [4.78, 5) is 34.2. The van der Waals surface area contributed by atoms with E-state index in [1.54, 1.807) is 6.07 Å². The Bertz CT molecular complexity index is 1060. The molecule has 154 valence electrons. The molecule has 3 aromatic rings. The Morgan fingerprint density at radius 1 is 0.867 bits per heavy atom. The summed E-state index contributed by atoms with van der Waals surface area (Å²) in [5.74, 6) is -0.557. The van der Waals surface area contributed by atoms with E-state index in [2.05, 4.69) is 20.6 Å². The van der Waals surface area contributed by atoms with Crippen LogP contribution in [0.3, 0.4) is 0 Å². The molecule has 0 unspecified atom stereocenters. The lowest BCUT2D eigenvalue weighted by molar-refractivity contribution is -0.115. The molecule has 0 aliphatic carbocycles. The first-order valence-corrected chi connectivity index (χ1v) is 10.4. The lowest BCUT2D eigenvalue weighted by atomic mass is 10.1. The Kier molecular flexibility index (Phi) is 6.84. The molecule has 0 saturated heterocycles. The van der Waals surface area contributed by atoms with Gasteiger partial charge in [-0.25, -0.2) is 9.97 Å². The maximum atomic E-state index is 12.2. The molecule has 0 aliphatic heterocycles. The Labute approximate surface area is 180 Å². The number of amides is 2. The molecule has 6 nitrogen and oxygen atoms in total. The molecule has 30 heavy (non-hydrogen) atoms. The van der Waals surface area contributed by atoms with Crippen LogP contribution in [0.5, 0.6) is 0 Å². The van der Waals surface area contributed by atoms with Gasteiger partial charge in [0.2, 0.25) is 5.91 Å². The Morgan fingerprint density at radius 3 is 2.17 bits per heavy atom. The van der Waals surface area contributed by atoms with Crippen LogP contribution >= 0.6 is 11.8 Å². The number of aromatic nitrogens is 2. The van der Waals surface area contributed by atoms with Crippen molar-refractivity contribution >= 4 is 29.3 Å². The SMILES string of the molecule is Cc1cc(C)nc(Sc2ccc(NC(=O)CNC(=O)c3ccc(C)c(C)c3)cc2)n1. The van der Waals surface area contributed by atoms with E-state index < -0.39 is 0 Å². The maximum absolute atomic E-state index is 12.2. The van der Waals surface area contributed by atoms with Crippen LogP contribution < -0.4 is 10.6 Å². The van der Waals surface area contributed by atoms with Crippen LogP contribution in [0.15, 0.2) is 58.6 Å². The molecule has 0 spiro atoms. The average Bonchev–Trinajstić information content (AvgIpc) is 2.69. The van der Waals surface area contributed by atoms with Gasteiger partial charge >= 0.3 is 0 Å². The first-order valence-electron chi connectivity index (χ1n) is 9.55. The number of nitrogens with zero attached hydrogens (tertiary/aromatic N) is 2. The molecule has 0 atom stereocenters. The molecule has 3 rings (SSSR count). The normalized spacial score (nSPS) is 10.5. The van der Waals surface area contributed by atoms with Crippen molar-refractivity contribution in [1.82, 2.24) is 15.3 Å². The van der Waals surface area contributed by atoms with Crippen LogP contribution in [0, 0.1) is 27.7 Å².